The lowest BCUT2D eigenvalue weighted by Gasteiger charge is -2.23. The van der Waals surface area contributed by atoms with E-state index >= 15 is 0 Å². The van der Waals surface area contributed by atoms with Gasteiger partial charge < -0.3 is 10.2 Å². The van der Waals surface area contributed by atoms with Crippen molar-refractivity contribution in [1.29, 1.82) is 5.41 Å². The van der Waals surface area contributed by atoms with Crippen molar-refractivity contribution in [2.75, 3.05) is 32.8 Å². The molecular formula is C19H35N5. The summed E-state index contributed by atoms with van der Waals surface area (Å²) in [5.41, 5.74) is 0. The summed E-state index contributed by atoms with van der Waals surface area (Å²) in [4.78, 5) is 8.68. The molecule has 0 radical (unpaired) electrons. The van der Waals surface area contributed by atoms with Crippen molar-refractivity contribution in [3.63, 3.8) is 0 Å². The first kappa shape index (κ1) is 22.1. The highest BCUT2D eigenvalue weighted by Gasteiger charge is 2.06. The molecule has 0 spiro atoms. The van der Waals surface area contributed by atoms with Crippen molar-refractivity contribution < 1.29 is 0 Å². The van der Waals surface area contributed by atoms with Crippen LogP contribution >= 0.6 is 0 Å². The summed E-state index contributed by atoms with van der Waals surface area (Å²) >= 11 is 0. The molecule has 0 aromatic carbocycles. The number of allylic oxidation sites excluding steroid dienone is 1. The van der Waals surface area contributed by atoms with E-state index in [0.717, 1.165) is 32.5 Å². The molecule has 5 nitrogen and oxygen atoms in total. The Morgan fingerprint density at radius 1 is 1.17 bits per heavy atom. The minimum Gasteiger partial charge on any atom is -0.339 e. The number of aliphatic imine (C=N–C) groups is 1. The SMILES string of the molecule is C=CCCN(CCCC)CN=CNC(=N)N(C/C=C/C)CCC=C. The van der Waals surface area contributed by atoms with Crippen molar-refractivity contribution >= 4 is 12.3 Å². The molecule has 24 heavy (non-hydrogen) atoms. The number of hydrogen-bond donors (Lipinski definition) is 2. The number of hydrogen-bond acceptors (Lipinski definition) is 3. The molecule has 0 aromatic rings. The van der Waals surface area contributed by atoms with Gasteiger partial charge in [-0.05, 0) is 32.7 Å². The summed E-state index contributed by atoms with van der Waals surface area (Å²) < 4.78 is 0. The second-order valence-corrected chi connectivity index (χ2v) is 5.59. The van der Waals surface area contributed by atoms with E-state index in [1.165, 1.54) is 12.8 Å². The smallest absolute Gasteiger partial charge is 0.196 e. The second-order valence-electron chi connectivity index (χ2n) is 5.59. The quantitative estimate of drug-likeness (QED) is 0.290. The molecule has 0 aliphatic heterocycles. The third-order valence-corrected chi connectivity index (χ3v) is 3.53. The molecule has 0 aromatic heterocycles. The van der Waals surface area contributed by atoms with Gasteiger partial charge in [-0.25, -0.2) is 0 Å². The standard InChI is InChI=1S/C19H35N5/c1-5-9-13-23(14-10-6-2)18-21-17-22-19(20)24(15-11-7-3)16-12-8-4/h5,7-8,12,17H,1,3,6,9-11,13-16,18H2,2,4H3,(H2,20,21,22)/b12-8+. The van der Waals surface area contributed by atoms with E-state index in [2.05, 4.69) is 35.3 Å². The van der Waals surface area contributed by atoms with Gasteiger partial charge in [0.15, 0.2) is 5.96 Å². The Balaban J connectivity index is 4.36. The second kappa shape index (κ2) is 16.0. The van der Waals surface area contributed by atoms with Crippen LogP contribution in [0.1, 0.15) is 39.5 Å². The highest BCUT2D eigenvalue weighted by Crippen LogP contribution is 1.98. The van der Waals surface area contributed by atoms with Gasteiger partial charge in [0.1, 0.15) is 0 Å². The lowest BCUT2D eigenvalue weighted by atomic mass is 10.3. The van der Waals surface area contributed by atoms with Crippen LogP contribution in [0.4, 0.5) is 0 Å². The first-order valence-electron chi connectivity index (χ1n) is 8.83. The zero-order valence-electron chi connectivity index (χ0n) is 15.5. The van der Waals surface area contributed by atoms with Gasteiger partial charge in [0.05, 0.1) is 13.0 Å². The van der Waals surface area contributed by atoms with Crippen LogP contribution in [0.25, 0.3) is 0 Å². The number of rotatable bonds is 14. The molecule has 0 aliphatic carbocycles. The summed E-state index contributed by atoms with van der Waals surface area (Å²) in [5.74, 6) is 0.366. The van der Waals surface area contributed by atoms with Crippen molar-refractivity contribution in [3.05, 3.63) is 37.5 Å². The molecule has 0 saturated heterocycles. The van der Waals surface area contributed by atoms with Gasteiger partial charge in [-0.2, -0.15) is 0 Å². The highest BCUT2D eigenvalue weighted by atomic mass is 15.3. The largest absolute Gasteiger partial charge is 0.339 e. The molecule has 0 rings (SSSR count). The van der Waals surface area contributed by atoms with Crippen LogP contribution in [-0.4, -0.2) is 54.9 Å². The van der Waals surface area contributed by atoms with E-state index in [-0.39, 0.29) is 0 Å². The van der Waals surface area contributed by atoms with Gasteiger partial charge in [-0.15, -0.1) is 13.2 Å². The zero-order chi connectivity index (χ0) is 18.0. The van der Waals surface area contributed by atoms with Gasteiger partial charge in [0, 0.05) is 19.6 Å². The molecule has 2 N–H and O–H groups in total. The van der Waals surface area contributed by atoms with E-state index in [1.807, 2.05) is 36.1 Å². The lowest BCUT2D eigenvalue weighted by Crippen LogP contribution is -2.40. The van der Waals surface area contributed by atoms with E-state index in [4.69, 9.17) is 5.41 Å². The van der Waals surface area contributed by atoms with Crippen LogP contribution in [0.3, 0.4) is 0 Å². The van der Waals surface area contributed by atoms with Crippen LogP contribution in [0.15, 0.2) is 42.5 Å². The molecule has 0 aliphatic rings. The van der Waals surface area contributed by atoms with Gasteiger partial charge in [0.2, 0.25) is 0 Å². The third-order valence-electron chi connectivity index (χ3n) is 3.53. The summed E-state index contributed by atoms with van der Waals surface area (Å²) in [7, 11) is 0. The Bertz CT molecular complexity index is 401. The topological polar surface area (TPSA) is 54.7 Å². The maximum Gasteiger partial charge on any atom is 0.196 e. The van der Waals surface area contributed by atoms with E-state index < -0.39 is 0 Å². The molecule has 0 bridgehead atoms. The van der Waals surface area contributed by atoms with E-state index in [0.29, 0.717) is 19.2 Å². The molecule has 5 heteroatoms. The highest BCUT2D eigenvalue weighted by molar-refractivity contribution is 5.87. The molecule has 0 fully saturated rings. The summed E-state index contributed by atoms with van der Waals surface area (Å²) in [6, 6.07) is 0. The minimum atomic E-state index is 0.366. The summed E-state index contributed by atoms with van der Waals surface area (Å²) in [6.45, 7) is 15.9. The zero-order valence-corrected chi connectivity index (χ0v) is 15.5. The van der Waals surface area contributed by atoms with Crippen molar-refractivity contribution in [2.45, 2.75) is 39.5 Å². The van der Waals surface area contributed by atoms with Crippen LogP contribution in [0.2, 0.25) is 0 Å². The first-order valence-corrected chi connectivity index (χ1v) is 8.83. The van der Waals surface area contributed by atoms with Crippen molar-refractivity contribution in [3.8, 4) is 0 Å². The molecule has 0 heterocycles. The fourth-order valence-corrected chi connectivity index (χ4v) is 2.04. The van der Waals surface area contributed by atoms with Crippen molar-refractivity contribution in [2.24, 2.45) is 4.99 Å². The molecule has 0 amide bonds. The normalized spacial score (nSPS) is 11.3. The molecule has 136 valence electrons. The van der Waals surface area contributed by atoms with Gasteiger partial charge in [-0.3, -0.25) is 15.3 Å². The Morgan fingerprint density at radius 2 is 1.88 bits per heavy atom. The lowest BCUT2D eigenvalue weighted by molar-refractivity contribution is 0.284. The monoisotopic (exact) mass is 333 g/mol. The van der Waals surface area contributed by atoms with Crippen LogP contribution in [-0.2, 0) is 0 Å². The molecule has 0 saturated carbocycles. The maximum atomic E-state index is 8.14. The minimum absolute atomic E-state index is 0.366. The van der Waals surface area contributed by atoms with Crippen LogP contribution < -0.4 is 5.32 Å². The molecule has 0 atom stereocenters. The maximum absolute atomic E-state index is 8.14. The molecular weight excluding hydrogens is 298 g/mol. The average molecular weight is 334 g/mol. The Labute approximate surface area is 148 Å². The average Bonchev–Trinajstić information content (AvgIpc) is 2.60. The molecule has 0 unspecified atom stereocenters. The first-order chi connectivity index (χ1) is 11.7. The fraction of sp³-hybridized carbons (Fsp3) is 0.579. The number of unbranched alkanes of at least 4 members (excludes halogenated alkanes) is 1. The number of guanidine groups is 1. The predicted octanol–water partition coefficient (Wildman–Crippen LogP) is 3.63. The number of nitrogens with zero attached hydrogens (tertiary/aromatic N) is 3. The summed E-state index contributed by atoms with van der Waals surface area (Å²) in [5, 5.41) is 11.1. The van der Waals surface area contributed by atoms with Gasteiger partial charge in [0.25, 0.3) is 0 Å². The Kier molecular flexibility index (Phi) is 14.7. The third kappa shape index (κ3) is 11.7. The van der Waals surface area contributed by atoms with Crippen LogP contribution in [0.5, 0.6) is 0 Å². The van der Waals surface area contributed by atoms with Crippen LogP contribution in [0, 0.1) is 5.41 Å². The Morgan fingerprint density at radius 3 is 2.50 bits per heavy atom. The fourth-order valence-electron chi connectivity index (χ4n) is 2.04. The Hall–Kier alpha value is -1.88. The van der Waals surface area contributed by atoms with Crippen molar-refractivity contribution in [1.82, 2.24) is 15.1 Å². The summed E-state index contributed by atoms with van der Waals surface area (Å²) in [6.07, 6.45) is 13.7. The number of nitrogens with one attached hydrogen (secondary N) is 2. The van der Waals surface area contributed by atoms with E-state index in [9.17, 15) is 0 Å². The van der Waals surface area contributed by atoms with Gasteiger partial charge in [-0.1, -0.05) is 37.6 Å². The van der Waals surface area contributed by atoms with Gasteiger partial charge >= 0.3 is 0 Å². The predicted molar refractivity (Wildman–Crippen MR) is 107 cm³/mol. The van der Waals surface area contributed by atoms with E-state index in [1.54, 1.807) is 6.34 Å².